The van der Waals surface area contributed by atoms with Gasteiger partial charge < -0.3 is 18.8 Å². The molecule has 1 aromatic heterocycles. The van der Waals surface area contributed by atoms with E-state index >= 15 is 0 Å². The van der Waals surface area contributed by atoms with Gasteiger partial charge in [-0.15, -0.1) is 0 Å². The van der Waals surface area contributed by atoms with Crippen LogP contribution in [0.15, 0.2) is 33.5 Å². The highest BCUT2D eigenvalue weighted by Gasteiger charge is 2.25. The zero-order valence-corrected chi connectivity index (χ0v) is 16.2. The Bertz CT molecular complexity index is 919. The van der Waals surface area contributed by atoms with Gasteiger partial charge in [0, 0.05) is 30.1 Å². The summed E-state index contributed by atoms with van der Waals surface area (Å²) in [6.07, 6.45) is 4.01. The maximum absolute atomic E-state index is 12.3. The second kappa shape index (κ2) is 8.91. The topological polar surface area (TPSA) is 86.0 Å². The fourth-order valence-electron chi connectivity index (χ4n) is 3.56. The maximum atomic E-state index is 12.3. The Hall–Kier alpha value is -2.83. The summed E-state index contributed by atoms with van der Waals surface area (Å²) >= 11 is 0. The highest BCUT2D eigenvalue weighted by atomic mass is 16.6. The van der Waals surface area contributed by atoms with E-state index in [1.54, 1.807) is 18.2 Å². The van der Waals surface area contributed by atoms with Crippen LogP contribution in [0.5, 0.6) is 5.75 Å². The number of hydrogen-bond donors (Lipinski definition) is 0. The Morgan fingerprint density at radius 3 is 2.82 bits per heavy atom. The quantitative estimate of drug-likeness (QED) is 0.560. The van der Waals surface area contributed by atoms with E-state index in [4.69, 9.17) is 13.9 Å². The van der Waals surface area contributed by atoms with Crippen LogP contribution in [-0.2, 0) is 14.3 Å². The number of rotatable bonds is 6. The van der Waals surface area contributed by atoms with E-state index in [9.17, 15) is 14.4 Å². The monoisotopic (exact) mass is 387 g/mol. The number of carbonyl (C=O) groups excluding carboxylic acids is 2. The van der Waals surface area contributed by atoms with E-state index in [0.29, 0.717) is 17.9 Å². The molecule has 1 aliphatic heterocycles. The van der Waals surface area contributed by atoms with Crippen LogP contribution in [0, 0.1) is 6.92 Å². The third-order valence-corrected chi connectivity index (χ3v) is 5.05. The molecule has 1 aromatic carbocycles. The molecule has 0 unspecified atom stereocenters. The molecule has 150 valence electrons. The fourth-order valence-corrected chi connectivity index (χ4v) is 3.56. The fraction of sp³-hybridized carbons (Fsp3) is 0.476. The van der Waals surface area contributed by atoms with Gasteiger partial charge in [0.15, 0.2) is 13.2 Å². The number of benzene rings is 1. The van der Waals surface area contributed by atoms with Crippen molar-refractivity contribution >= 4 is 22.8 Å². The van der Waals surface area contributed by atoms with Gasteiger partial charge in [0.05, 0.1) is 0 Å². The lowest BCUT2D eigenvalue weighted by Gasteiger charge is -2.35. The number of hydrogen-bond acceptors (Lipinski definition) is 6. The molecule has 1 saturated heterocycles. The molecule has 7 heteroatoms. The van der Waals surface area contributed by atoms with Gasteiger partial charge in [0.2, 0.25) is 0 Å². The lowest BCUT2D eigenvalue weighted by Crippen LogP contribution is -2.45. The predicted molar refractivity (Wildman–Crippen MR) is 103 cm³/mol. The number of esters is 1. The minimum Gasteiger partial charge on any atom is -0.482 e. The summed E-state index contributed by atoms with van der Waals surface area (Å²) in [5.74, 6) is -0.404. The zero-order valence-electron chi connectivity index (χ0n) is 16.2. The Kier molecular flexibility index (Phi) is 6.34. The predicted octanol–water partition coefficient (Wildman–Crippen LogP) is 2.81. The molecule has 1 fully saturated rings. The van der Waals surface area contributed by atoms with Crippen molar-refractivity contribution < 1.29 is 23.5 Å². The van der Waals surface area contributed by atoms with Gasteiger partial charge in [-0.3, -0.25) is 4.79 Å². The average molecular weight is 387 g/mol. The largest absolute Gasteiger partial charge is 0.482 e. The molecule has 0 spiro atoms. The van der Waals surface area contributed by atoms with Gasteiger partial charge in [-0.25, -0.2) is 9.59 Å². The Balaban J connectivity index is 1.52. The molecule has 1 amide bonds. The number of likely N-dealkylation sites (tertiary alicyclic amines) is 1. The first-order valence-electron chi connectivity index (χ1n) is 9.60. The number of nitrogens with zero attached hydrogens (tertiary/aromatic N) is 1. The summed E-state index contributed by atoms with van der Waals surface area (Å²) in [6, 6.07) is 6.66. The third kappa shape index (κ3) is 4.71. The number of ether oxygens (including phenoxy) is 2. The van der Waals surface area contributed by atoms with Crippen molar-refractivity contribution in [1.29, 1.82) is 0 Å². The van der Waals surface area contributed by atoms with Crippen molar-refractivity contribution in [3.05, 3.63) is 40.2 Å². The summed E-state index contributed by atoms with van der Waals surface area (Å²) in [6.45, 7) is 3.99. The van der Waals surface area contributed by atoms with Crippen molar-refractivity contribution in [2.45, 2.75) is 45.6 Å². The molecule has 0 bridgehead atoms. The number of fused-ring (bicyclic) bond motifs is 1. The van der Waals surface area contributed by atoms with Crippen LogP contribution in [0.4, 0.5) is 0 Å². The summed E-state index contributed by atoms with van der Waals surface area (Å²) < 4.78 is 15.6. The van der Waals surface area contributed by atoms with E-state index in [2.05, 4.69) is 6.92 Å². The van der Waals surface area contributed by atoms with Crippen LogP contribution in [-0.4, -0.2) is 42.6 Å². The summed E-state index contributed by atoms with van der Waals surface area (Å²) in [5.41, 5.74) is 0.753. The zero-order chi connectivity index (χ0) is 20.1. The van der Waals surface area contributed by atoms with Crippen molar-refractivity contribution in [3.63, 3.8) is 0 Å². The Morgan fingerprint density at radius 2 is 2.04 bits per heavy atom. The molecule has 7 nitrogen and oxygen atoms in total. The Morgan fingerprint density at radius 1 is 1.21 bits per heavy atom. The maximum Gasteiger partial charge on any atom is 0.344 e. The van der Waals surface area contributed by atoms with E-state index in [1.165, 1.54) is 6.07 Å². The van der Waals surface area contributed by atoms with E-state index in [-0.39, 0.29) is 25.2 Å². The first kappa shape index (κ1) is 19.9. The van der Waals surface area contributed by atoms with Crippen LogP contribution in [0.2, 0.25) is 0 Å². The van der Waals surface area contributed by atoms with Crippen LogP contribution >= 0.6 is 0 Å². The van der Waals surface area contributed by atoms with Crippen molar-refractivity contribution in [1.82, 2.24) is 4.90 Å². The molecular formula is C21H25NO6. The molecule has 3 rings (SSSR count). The average Bonchev–Trinajstić information content (AvgIpc) is 2.69. The van der Waals surface area contributed by atoms with Crippen LogP contribution < -0.4 is 10.4 Å². The second-order valence-corrected chi connectivity index (χ2v) is 7.00. The molecule has 2 aromatic rings. The van der Waals surface area contributed by atoms with Gasteiger partial charge in [-0.1, -0.05) is 6.92 Å². The van der Waals surface area contributed by atoms with Crippen molar-refractivity contribution in [2.75, 3.05) is 19.8 Å². The van der Waals surface area contributed by atoms with Crippen molar-refractivity contribution in [3.8, 4) is 5.75 Å². The normalized spacial score (nSPS) is 16.8. The highest BCUT2D eigenvalue weighted by Crippen LogP contribution is 2.22. The smallest absolute Gasteiger partial charge is 0.344 e. The van der Waals surface area contributed by atoms with Crippen LogP contribution in [0.25, 0.3) is 11.0 Å². The first-order valence-corrected chi connectivity index (χ1v) is 9.60. The molecule has 1 atom stereocenters. The molecule has 0 N–H and O–H groups in total. The van der Waals surface area contributed by atoms with Gasteiger partial charge in [-0.2, -0.15) is 0 Å². The summed E-state index contributed by atoms with van der Waals surface area (Å²) in [4.78, 5) is 37.6. The van der Waals surface area contributed by atoms with Crippen LogP contribution in [0.1, 0.15) is 38.2 Å². The molecule has 0 radical (unpaired) electrons. The van der Waals surface area contributed by atoms with Gasteiger partial charge in [0.1, 0.15) is 11.3 Å². The van der Waals surface area contributed by atoms with Gasteiger partial charge in [-0.05, 0) is 50.3 Å². The van der Waals surface area contributed by atoms with E-state index in [0.717, 1.165) is 36.6 Å². The number of carbonyl (C=O) groups is 2. The molecule has 28 heavy (non-hydrogen) atoms. The first-order chi connectivity index (χ1) is 13.5. The lowest BCUT2D eigenvalue weighted by molar-refractivity contribution is -0.155. The molecular weight excluding hydrogens is 362 g/mol. The second-order valence-electron chi connectivity index (χ2n) is 7.00. The molecule has 1 aliphatic rings. The van der Waals surface area contributed by atoms with E-state index in [1.807, 2.05) is 11.8 Å². The minimum absolute atomic E-state index is 0.164. The Labute approximate surface area is 163 Å². The van der Waals surface area contributed by atoms with Crippen molar-refractivity contribution in [2.24, 2.45) is 0 Å². The van der Waals surface area contributed by atoms with Crippen LogP contribution in [0.3, 0.4) is 0 Å². The standard InChI is InChI=1S/C21H25NO6/c1-3-15-6-4-5-9-22(15)19(23)12-27-21(25)13-26-16-7-8-17-14(2)10-20(24)28-18(17)11-16/h7-8,10-11,15H,3-6,9,12-13H2,1-2H3/t15-/m1/s1. The number of amides is 1. The highest BCUT2D eigenvalue weighted by molar-refractivity contribution is 5.82. The number of piperidine rings is 1. The van der Waals surface area contributed by atoms with Gasteiger partial charge >= 0.3 is 11.6 Å². The third-order valence-electron chi connectivity index (χ3n) is 5.05. The molecule has 0 saturated carbocycles. The SMILES string of the molecule is CC[C@@H]1CCCCN1C(=O)COC(=O)COc1ccc2c(C)cc(=O)oc2c1. The summed E-state index contributed by atoms with van der Waals surface area (Å²) in [5, 5.41) is 0.798. The minimum atomic E-state index is -0.621. The lowest BCUT2D eigenvalue weighted by atomic mass is 10.00. The molecule has 0 aliphatic carbocycles. The molecule has 2 heterocycles. The van der Waals surface area contributed by atoms with E-state index < -0.39 is 11.6 Å². The summed E-state index contributed by atoms with van der Waals surface area (Å²) in [7, 11) is 0. The van der Waals surface area contributed by atoms with Gasteiger partial charge in [0.25, 0.3) is 5.91 Å². The number of aryl methyl sites for hydroxylation is 1.